The highest BCUT2D eigenvalue weighted by Crippen LogP contribution is 2.22. The number of aryl methyl sites for hydroxylation is 1. The minimum Gasteiger partial charge on any atom is -0.382 e. The molecule has 0 aliphatic carbocycles. The largest absolute Gasteiger partial charge is 0.382 e. The number of benzene rings is 1. The van der Waals surface area contributed by atoms with Gasteiger partial charge in [0.25, 0.3) is 0 Å². The number of nitrogens with one attached hydrogen (secondary N) is 3. The minimum atomic E-state index is 0.640. The molecule has 0 saturated heterocycles. The Morgan fingerprint density at radius 2 is 2.08 bits per heavy atom. The first-order valence-corrected chi connectivity index (χ1v) is 9.40. The van der Waals surface area contributed by atoms with Crippen LogP contribution < -0.4 is 10.6 Å². The van der Waals surface area contributed by atoms with E-state index in [0.717, 1.165) is 38.4 Å². The standard InChI is InChI=1S/C20H32N4O2/c1-4-21-20(22-10-6-12-26-14-13-25-3)23-11-9-17-15-24-18-8-5-7-16(2)19(17)18/h5,7-8,15,24H,4,6,9-14H2,1-3H3,(H2,21,22,23). The molecule has 2 rings (SSSR count). The van der Waals surface area contributed by atoms with Gasteiger partial charge >= 0.3 is 0 Å². The molecule has 0 spiro atoms. The van der Waals surface area contributed by atoms with Crippen molar-refractivity contribution in [3.63, 3.8) is 0 Å². The number of aromatic nitrogens is 1. The molecule has 0 atom stereocenters. The summed E-state index contributed by atoms with van der Waals surface area (Å²) in [6.45, 7) is 8.67. The highest BCUT2D eigenvalue weighted by molar-refractivity contribution is 5.86. The first-order chi connectivity index (χ1) is 12.8. The van der Waals surface area contributed by atoms with E-state index in [1.165, 1.54) is 22.0 Å². The van der Waals surface area contributed by atoms with Crippen LogP contribution in [0.5, 0.6) is 0 Å². The Kier molecular flexibility index (Phi) is 9.00. The molecule has 26 heavy (non-hydrogen) atoms. The molecule has 0 saturated carbocycles. The molecule has 1 aromatic heterocycles. The molecule has 0 amide bonds. The van der Waals surface area contributed by atoms with E-state index in [0.29, 0.717) is 19.8 Å². The van der Waals surface area contributed by atoms with Crippen molar-refractivity contribution in [1.29, 1.82) is 0 Å². The van der Waals surface area contributed by atoms with Gasteiger partial charge in [-0.15, -0.1) is 0 Å². The van der Waals surface area contributed by atoms with E-state index in [1.54, 1.807) is 7.11 Å². The van der Waals surface area contributed by atoms with E-state index in [2.05, 4.69) is 58.9 Å². The van der Waals surface area contributed by atoms with Crippen molar-refractivity contribution in [2.75, 3.05) is 46.6 Å². The third kappa shape index (κ3) is 6.35. The Balaban J connectivity index is 1.77. The van der Waals surface area contributed by atoms with Crippen LogP contribution in [0, 0.1) is 6.92 Å². The van der Waals surface area contributed by atoms with Gasteiger partial charge in [0.2, 0.25) is 0 Å². The second-order valence-electron chi connectivity index (χ2n) is 6.21. The summed E-state index contributed by atoms with van der Waals surface area (Å²) in [5, 5.41) is 8.05. The summed E-state index contributed by atoms with van der Waals surface area (Å²) in [5.41, 5.74) is 3.86. The lowest BCUT2D eigenvalue weighted by Gasteiger charge is -2.11. The van der Waals surface area contributed by atoms with Gasteiger partial charge in [-0.25, -0.2) is 0 Å². The maximum absolute atomic E-state index is 5.46. The number of aliphatic imine (C=N–C) groups is 1. The van der Waals surface area contributed by atoms with Gasteiger partial charge in [0.15, 0.2) is 5.96 Å². The van der Waals surface area contributed by atoms with Gasteiger partial charge in [-0.3, -0.25) is 4.99 Å². The predicted molar refractivity (Wildman–Crippen MR) is 108 cm³/mol. The first kappa shape index (κ1) is 20.3. The lowest BCUT2D eigenvalue weighted by molar-refractivity contribution is 0.0702. The molecule has 0 radical (unpaired) electrons. The normalized spacial score (nSPS) is 11.9. The van der Waals surface area contributed by atoms with Crippen molar-refractivity contribution in [3.8, 4) is 0 Å². The number of aromatic amines is 1. The Bertz CT molecular complexity index is 682. The van der Waals surface area contributed by atoms with Crippen LogP contribution in [0.3, 0.4) is 0 Å². The number of ether oxygens (including phenoxy) is 2. The maximum atomic E-state index is 5.46. The second kappa shape index (κ2) is 11.5. The first-order valence-electron chi connectivity index (χ1n) is 9.40. The predicted octanol–water partition coefficient (Wildman–Crippen LogP) is 2.63. The highest BCUT2D eigenvalue weighted by atomic mass is 16.5. The number of H-pyrrole nitrogens is 1. The zero-order valence-electron chi connectivity index (χ0n) is 16.2. The van der Waals surface area contributed by atoms with Gasteiger partial charge < -0.3 is 25.1 Å². The van der Waals surface area contributed by atoms with Crippen LogP contribution in [0.25, 0.3) is 10.9 Å². The fourth-order valence-electron chi connectivity index (χ4n) is 2.91. The number of hydrogen-bond donors (Lipinski definition) is 3. The molecular formula is C20H32N4O2. The molecule has 1 heterocycles. The fraction of sp³-hybridized carbons (Fsp3) is 0.550. The summed E-state index contributed by atoms with van der Waals surface area (Å²) in [7, 11) is 1.68. The third-order valence-corrected chi connectivity index (χ3v) is 4.18. The van der Waals surface area contributed by atoms with Crippen LogP contribution in [0.4, 0.5) is 0 Å². The molecule has 3 N–H and O–H groups in total. The van der Waals surface area contributed by atoms with Gasteiger partial charge in [-0.1, -0.05) is 12.1 Å². The van der Waals surface area contributed by atoms with Gasteiger partial charge in [0, 0.05) is 50.5 Å². The molecular weight excluding hydrogens is 328 g/mol. The van der Waals surface area contributed by atoms with Crippen LogP contribution in [0.2, 0.25) is 0 Å². The van der Waals surface area contributed by atoms with E-state index < -0.39 is 0 Å². The molecule has 0 unspecified atom stereocenters. The quantitative estimate of drug-likeness (QED) is 0.327. The van der Waals surface area contributed by atoms with Crippen molar-refractivity contribution < 1.29 is 9.47 Å². The zero-order chi connectivity index (χ0) is 18.6. The Labute approximate surface area is 156 Å². The average Bonchev–Trinajstić information content (AvgIpc) is 3.05. The molecule has 0 bridgehead atoms. The monoisotopic (exact) mass is 360 g/mol. The second-order valence-corrected chi connectivity index (χ2v) is 6.21. The highest BCUT2D eigenvalue weighted by Gasteiger charge is 2.06. The molecule has 0 fully saturated rings. The van der Waals surface area contributed by atoms with Gasteiger partial charge in [-0.05, 0) is 43.9 Å². The summed E-state index contributed by atoms with van der Waals surface area (Å²) in [6.07, 6.45) is 3.97. The number of rotatable bonds is 11. The summed E-state index contributed by atoms with van der Waals surface area (Å²) in [6, 6.07) is 6.37. The molecule has 6 nitrogen and oxygen atoms in total. The van der Waals surface area contributed by atoms with Crippen molar-refractivity contribution >= 4 is 16.9 Å². The van der Waals surface area contributed by atoms with E-state index in [1.807, 2.05) is 0 Å². The van der Waals surface area contributed by atoms with E-state index in [-0.39, 0.29) is 0 Å². The van der Waals surface area contributed by atoms with Crippen molar-refractivity contribution in [2.24, 2.45) is 4.99 Å². The average molecular weight is 361 g/mol. The van der Waals surface area contributed by atoms with E-state index in [9.17, 15) is 0 Å². The SMILES string of the molecule is CCNC(=NCCCOCCOC)NCCc1c[nH]c2cccc(C)c12. The van der Waals surface area contributed by atoms with Crippen molar-refractivity contribution in [3.05, 3.63) is 35.5 Å². The van der Waals surface area contributed by atoms with E-state index in [4.69, 9.17) is 9.47 Å². The number of methoxy groups -OCH3 is 1. The van der Waals surface area contributed by atoms with Crippen LogP contribution in [0.15, 0.2) is 29.4 Å². The van der Waals surface area contributed by atoms with Crippen LogP contribution >= 0.6 is 0 Å². The minimum absolute atomic E-state index is 0.640. The smallest absolute Gasteiger partial charge is 0.191 e. The van der Waals surface area contributed by atoms with Crippen LogP contribution in [-0.4, -0.2) is 57.5 Å². The summed E-state index contributed by atoms with van der Waals surface area (Å²) in [5.74, 6) is 0.862. The summed E-state index contributed by atoms with van der Waals surface area (Å²) >= 11 is 0. The summed E-state index contributed by atoms with van der Waals surface area (Å²) < 4.78 is 10.4. The van der Waals surface area contributed by atoms with E-state index >= 15 is 0 Å². The Hall–Kier alpha value is -2.05. The molecule has 0 aliphatic rings. The molecule has 1 aromatic carbocycles. The Morgan fingerprint density at radius 3 is 2.88 bits per heavy atom. The third-order valence-electron chi connectivity index (χ3n) is 4.18. The number of fused-ring (bicyclic) bond motifs is 1. The number of nitrogens with zero attached hydrogens (tertiary/aromatic N) is 1. The molecule has 144 valence electrons. The number of hydrogen-bond acceptors (Lipinski definition) is 3. The van der Waals surface area contributed by atoms with Crippen molar-refractivity contribution in [2.45, 2.75) is 26.7 Å². The Morgan fingerprint density at radius 1 is 1.19 bits per heavy atom. The lowest BCUT2D eigenvalue weighted by Crippen LogP contribution is -2.38. The fourth-order valence-corrected chi connectivity index (χ4v) is 2.91. The topological polar surface area (TPSA) is 70.7 Å². The van der Waals surface area contributed by atoms with Gasteiger partial charge in [0.05, 0.1) is 13.2 Å². The maximum Gasteiger partial charge on any atom is 0.191 e. The molecule has 2 aromatic rings. The summed E-state index contributed by atoms with van der Waals surface area (Å²) in [4.78, 5) is 7.96. The van der Waals surface area contributed by atoms with Crippen LogP contribution in [-0.2, 0) is 15.9 Å². The zero-order valence-corrected chi connectivity index (χ0v) is 16.2. The lowest BCUT2D eigenvalue weighted by atomic mass is 10.1. The van der Waals surface area contributed by atoms with Crippen molar-refractivity contribution in [1.82, 2.24) is 15.6 Å². The van der Waals surface area contributed by atoms with Gasteiger partial charge in [-0.2, -0.15) is 0 Å². The van der Waals surface area contributed by atoms with Gasteiger partial charge in [0.1, 0.15) is 0 Å². The number of guanidine groups is 1. The van der Waals surface area contributed by atoms with Crippen LogP contribution in [0.1, 0.15) is 24.5 Å². The molecule has 6 heteroatoms. The molecule has 0 aliphatic heterocycles.